The standard InChI is InChI=1S/C25H24F3NO3S/c1-16-13-29(11-10-17-4-7-20(12-22(16)17)32-15-24(30)31)14-21-8-9-23(33-21)18-2-5-19(6-3-18)25(26,27)28/h2-9,12,16H,10-11,13-15H2,1H3,(H,30,31). The van der Waals surface area contributed by atoms with Crippen molar-refractivity contribution in [2.75, 3.05) is 19.7 Å². The maximum atomic E-state index is 12.8. The smallest absolute Gasteiger partial charge is 0.416 e. The summed E-state index contributed by atoms with van der Waals surface area (Å²) in [5.41, 5.74) is 2.56. The minimum atomic E-state index is -4.33. The lowest BCUT2D eigenvalue weighted by atomic mass is 9.95. The van der Waals surface area contributed by atoms with Crippen LogP contribution < -0.4 is 4.74 Å². The largest absolute Gasteiger partial charge is 0.482 e. The van der Waals surface area contributed by atoms with Crippen molar-refractivity contribution in [1.82, 2.24) is 4.90 Å². The first-order chi connectivity index (χ1) is 15.7. The Morgan fingerprint density at radius 3 is 2.61 bits per heavy atom. The third-order valence-corrected chi connectivity index (χ3v) is 6.90. The Bertz CT molecular complexity index is 1120. The molecule has 8 heteroatoms. The molecule has 1 aliphatic heterocycles. The quantitative estimate of drug-likeness (QED) is 0.471. The molecule has 1 N–H and O–H groups in total. The van der Waals surface area contributed by atoms with Crippen LogP contribution in [0.25, 0.3) is 10.4 Å². The second-order valence-electron chi connectivity index (χ2n) is 8.27. The van der Waals surface area contributed by atoms with E-state index in [4.69, 9.17) is 9.84 Å². The molecular weight excluding hydrogens is 451 g/mol. The van der Waals surface area contributed by atoms with E-state index in [1.165, 1.54) is 23.3 Å². The number of nitrogens with zero attached hydrogens (tertiary/aromatic N) is 1. The van der Waals surface area contributed by atoms with E-state index in [1.807, 2.05) is 30.3 Å². The van der Waals surface area contributed by atoms with Crippen LogP contribution in [0.4, 0.5) is 13.2 Å². The van der Waals surface area contributed by atoms with Crippen LogP contribution in [0.15, 0.2) is 54.6 Å². The molecule has 4 rings (SSSR count). The van der Waals surface area contributed by atoms with Crippen molar-refractivity contribution in [3.05, 3.63) is 76.2 Å². The Morgan fingerprint density at radius 1 is 1.15 bits per heavy atom. The molecule has 0 spiro atoms. The van der Waals surface area contributed by atoms with Crippen molar-refractivity contribution >= 4 is 17.3 Å². The maximum absolute atomic E-state index is 12.8. The van der Waals surface area contributed by atoms with E-state index in [2.05, 4.69) is 11.8 Å². The Morgan fingerprint density at radius 2 is 1.91 bits per heavy atom. The Hall–Kier alpha value is -2.84. The van der Waals surface area contributed by atoms with Gasteiger partial charge in [0.1, 0.15) is 5.75 Å². The Kier molecular flexibility index (Phi) is 6.76. The van der Waals surface area contributed by atoms with Crippen LogP contribution in [0.3, 0.4) is 0 Å². The number of carbonyl (C=O) groups is 1. The molecule has 1 aliphatic rings. The molecule has 4 nitrogen and oxygen atoms in total. The fraction of sp³-hybridized carbons (Fsp3) is 0.320. The van der Waals surface area contributed by atoms with E-state index in [1.54, 1.807) is 11.3 Å². The van der Waals surface area contributed by atoms with Crippen LogP contribution in [0.2, 0.25) is 0 Å². The van der Waals surface area contributed by atoms with Gasteiger partial charge in [0.15, 0.2) is 6.61 Å². The van der Waals surface area contributed by atoms with Gasteiger partial charge in [0.05, 0.1) is 5.56 Å². The maximum Gasteiger partial charge on any atom is 0.416 e. The van der Waals surface area contributed by atoms with Gasteiger partial charge >= 0.3 is 12.1 Å². The average Bonchev–Trinajstić information content (AvgIpc) is 3.18. The highest BCUT2D eigenvalue weighted by Crippen LogP contribution is 2.34. The number of hydrogen-bond donors (Lipinski definition) is 1. The number of fused-ring (bicyclic) bond motifs is 1. The van der Waals surface area contributed by atoms with Crippen LogP contribution in [0.5, 0.6) is 5.75 Å². The number of alkyl halides is 3. The minimum absolute atomic E-state index is 0.255. The summed E-state index contributed by atoms with van der Waals surface area (Å²) in [6.07, 6.45) is -3.45. The van der Waals surface area contributed by atoms with Gasteiger partial charge in [-0.2, -0.15) is 13.2 Å². The number of ether oxygens (including phenoxy) is 1. The van der Waals surface area contributed by atoms with E-state index >= 15 is 0 Å². The van der Waals surface area contributed by atoms with Gasteiger partial charge in [0.25, 0.3) is 0 Å². The van der Waals surface area contributed by atoms with E-state index in [-0.39, 0.29) is 12.5 Å². The molecule has 1 unspecified atom stereocenters. The highest BCUT2D eigenvalue weighted by molar-refractivity contribution is 7.15. The zero-order valence-electron chi connectivity index (χ0n) is 18.1. The summed E-state index contributed by atoms with van der Waals surface area (Å²) in [5, 5.41) is 8.83. The number of carboxylic acid groups (broad SMARTS) is 1. The molecule has 0 aliphatic carbocycles. The number of carboxylic acids is 1. The van der Waals surface area contributed by atoms with Crippen molar-refractivity contribution < 1.29 is 27.8 Å². The predicted molar refractivity (Wildman–Crippen MR) is 122 cm³/mol. The summed E-state index contributed by atoms with van der Waals surface area (Å²) in [5.74, 6) is -0.183. The fourth-order valence-electron chi connectivity index (χ4n) is 4.16. The zero-order valence-corrected chi connectivity index (χ0v) is 18.9. The lowest BCUT2D eigenvalue weighted by Gasteiger charge is -2.22. The third-order valence-electron chi connectivity index (χ3n) is 5.78. The van der Waals surface area contributed by atoms with E-state index in [0.29, 0.717) is 5.75 Å². The molecule has 0 amide bonds. The zero-order chi connectivity index (χ0) is 23.6. The van der Waals surface area contributed by atoms with Crippen LogP contribution >= 0.6 is 11.3 Å². The molecule has 3 aromatic rings. The van der Waals surface area contributed by atoms with Crippen LogP contribution in [-0.4, -0.2) is 35.7 Å². The topological polar surface area (TPSA) is 49.8 Å². The fourth-order valence-corrected chi connectivity index (χ4v) is 5.21. The molecule has 2 aromatic carbocycles. The molecule has 2 heterocycles. The number of rotatable bonds is 6. The van der Waals surface area contributed by atoms with E-state index in [0.717, 1.165) is 53.5 Å². The molecule has 174 valence electrons. The first-order valence-corrected chi connectivity index (χ1v) is 11.5. The first-order valence-electron chi connectivity index (χ1n) is 10.6. The lowest BCUT2D eigenvalue weighted by Crippen LogP contribution is -2.26. The van der Waals surface area contributed by atoms with Gasteiger partial charge in [-0.15, -0.1) is 11.3 Å². The second kappa shape index (κ2) is 9.57. The molecule has 0 radical (unpaired) electrons. The van der Waals surface area contributed by atoms with Gasteiger partial charge in [0, 0.05) is 29.4 Å². The van der Waals surface area contributed by atoms with E-state index < -0.39 is 17.7 Å². The number of benzene rings is 2. The number of halogens is 3. The third kappa shape index (κ3) is 5.75. The molecule has 0 bridgehead atoms. The van der Waals surface area contributed by atoms with Crippen molar-refractivity contribution in [2.45, 2.75) is 32.0 Å². The minimum Gasteiger partial charge on any atom is -0.482 e. The summed E-state index contributed by atoms with van der Waals surface area (Å²) in [6, 6.07) is 15.1. The number of aliphatic carboxylic acids is 1. The molecular formula is C25H24F3NO3S. The van der Waals surface area contributed by atoms with Crippen LogP contribution in [0.1, 0.15) is 34.4 Å². The SMILES string of the molecule is CC1CN(Cc2ccc(-c3ccc(C(F)(F)F)cc3)s2)CCc2ccc(OCC(=O)O)cc21. The lowest BCUT2D eigenvalue weighted by molar-refractivity contribution is -0.139. The van der Waals surface area contributed by atoms with E-state index in [9.17, 15) is 18.0 Å². The Balaban J connectivity index is 1.42. The van der Waals surface area contributed by atoms with Crippen LogP contribution in [-0.2, 0) is 23.9 Å². The first kappa shape index (κ1) is 23.3. The summed E-state index contributed by atoms with van der Waals surface area (Å²) >= 11 is 1.60. The van der Waals surface area contributed by atoms with Crippen molar-refractivity contribution in [3.8, 4) is 16.2 Å². The number of hydrogen-bond acceptors (Lipinski definition) is 4. The average molecular weight is 476 g/mol. The summed E-state index contributed by atoms with van der Waals surface area (Å²) < 4.78 is 43.8. The van der Waals surface area contributed by atoms with Gasteiger partial charge in [-0.05, 0) is 65.4 Å². The second-order valence-corrected chi connectivity index (χ2v) is 9.44. The highest BCUT2D eigenvalue weighted by atomic mass is 32.1. The monoisotopic (exact) mass is 475 g/mol. The van der Waals surface area contributed by atoms with Gasteiger partial charge < -0.3 is 9.84 Å². The molecule has 0 fully saturated rings. The van der Waals surface area contributed by atoms with Crippen molar-refractivity contribution in [1.29, 1.82) is 0 Å². The highest BCUT2D eigenvalue weighted by Gasteiger charge is 2.30. The van der Waals surface area contributed by atoms with Gasteiger partial charge in [-0.25, -0.2) is 4.79 Å². The normalized spacial score (nSPS) is 16.8. The van der Waals surface area contributed by atoms with Gasteiger partial charge in [-0.3, -0.25) is 4.90 Å². The molecule has 33 heavy (non-hydrogen) atoms. The summed E-state index contributed by atoms with van der Waals surface area (Å²) in [7, 11) is 0. The van der Waals surface area contributed by atoms with Crippen LogP contribution in [0, 0.1) is 0 Å². The Labute approximate surface area is 194 Å². The van der Waals surface area contributed by atoms with Crippen molar-refractivity contribution in [3.63, 3.8) is 0 Å². The molecule has 1 aromatic heterocycles. The molecule has 1 atom stereocenters. The summed E-state index contributed by atoms with van der Waals surface area (Å²) in [4.78, 5) is 15.3. The molecule has 0 saturated heterocycles. The predicted octanol–water partition coefficient (Wildman–Crippen LogP) is 6.06. The molecule has 0 saturated carbocycles. The number of thiophene rings is 1. The summed E-state index contributed by atoms with van der Waals surface area (Å²) in [6.45, 7) is 4.30. The van der Waals surface area contributed by atoms with Gasteiger partial charge in [-0.1, -0.05) is 25.1 Å². The van der Waals surface area contributed by atoms with Crippen molar-refractivity contribution in [2.24, 2.45) is 0 Å². The van der Waals surface area contributed by atoms with Gasteiger partial charge in [0.2, 0.25) is 0 Å².